The number of nitrogens with zero attached hydrogens (tertiary/aromatic N) is 1. The van der Waals surface area contributed by atoms with Gasteiger partial charge in [0.05, 0.1) is 12.8 Å². The van der Waals surface area contributed by atoms with Gasteiger partial charge in [-0.15, -0.1) is 11.3 Å². The highest BCUT2D eigenvalue weighted by atomic mass is 35.5. The number of carbonyl (C=O) groups excluding carboxylic acids is 2. The Morgan fingerprint density at radius 3 is 2.48 bits per heavy atom. The molecule has 0 radical (unpaired) electrons. The minimum Gasteiger partial charge on any atom is -0.353 e. The van der Waals surface area contributed by atoms with Crippen molar-refractivity contribution in [3.8, 4) is 0 Å². The second kappa shape index (κ2) is 8.50. The van der Waals surface area contributed by atoms with Gasteiger partial charge in [-0.05, 0) is 42.0 Å². The van der Waals surface area contributed by atoms with Crippen LogP contribution in [0.25, 0.3) is 0 Å². The predicted molar refractivity (Wildman–Crippen MR) is 101 cm³/mol. The van der Waals surface area contributed by atoms with Crippen molar-refractivity contribution in [3.63, 3.8) is 0 Å². The molecule has 4 nitrogen and oxygen atoms in total. The monoisotopic (exact) mass is 376 g/mol. The van der Waals surface area contributed by atoms with Crippen molar-refractivity contribution in [2.75, 3.05) is 13.1 Å². The van der Waals surface area contributed by atoms with Crippen molar-refractivity contribution in [1.82, 2.24) is 10.2 Å². The molecule has 0 bridgehead atoms. The van der Waals surface area contributed by atoms with Crippen molar-refractivity contribution < 1.29 is 9.59 Å². The third kappa shape index (κ3) is 5.31. The van der Waals surface area contributed by atoms with E-state index in [4.69, 9.17) is 11.6 Å². The molecule has 0 saturated carbocycles. The molecule has 2 aromatic rings. The number of halogens is 1. The van der Waals surface area contributed by atoms with Crippen LogP contribution in [0.5, 0.6) is 0 Å². The zero-order valence-electron chi connectivity index (χ0n) is 13.9. The lowest BCUT2D eigenvalue weighted by atomic mass is 10.0. The van der Waals surface area contributed by atoms with E-state index in [1.165, 1.54) is 0 Å². The third-order valence-electron chi connectivity index (χ3n) is 4.40. The summed E-state index contributed by atoms with van der Waals surface area (Å²) in [7, 11) is 0. The molecule has 1 saturated heterocycles. The summed E-state index contributed by atoms with van der Waals surface area (Å²) in [5, 5.41) is 5.74. The fourth-order valence-corrected chi connectivity index (χ4v) is 3.84. The number of benzene rings is 1. The van der Waals surface area contributed by atoms with E-state index in [2.05, 4.69) is 5.32 Å². The zero-order chi connectivity index (χ0) is 17.6. The average Bonchev–Trinajstić information content (AvgIpc) is 3.10. The number of hydrogen-bond donors (Lipinski definition) is 1. The molecule has 25 heavy (non-hydrogen) atoms. The van der Waals surface area contributed by atoms with Crippen LogP contribution in [0.15, 0.2) is 41.8 Å². The molecule has 1 aliphatic heterocycles. The van der Waals surface area contributed by atoms with E-state index in [0.29, 0.717) is 31.0 Å². The third-order valence-corrected chi connectivity index (χ3v) is 5.52. The van der Waals surface area contributed by atoms with Gasteiger partial charge in [0, 0.05) is 29.0 Å². The Balaban J connectivity index is 1.42. The van der Waals surface area contributed by atoms with Gasteiger partial charge in [-0.1, -0.05) is 29.8 Å². The van der Waals surface area contributed by atoms with Gasteiger partial charge in [-0.25, -0.2) is 0 Å². The van der Waals surface area contributed by atoms with E-state index in [9.17, 15) is 9.59 Å². The van der Waals surface area contributed by atoms with Crippen LogP contribution in [-0.2, 0) is 22.4 Å². The molecule has 1 aliphatic rings. The molecular weight excluding hydrogens is 356 g/mol. The van der Waals surface area contributed by atoms with Gasteiger partial charge in [0.2, 0.25) is 11.8 Å². The van der Waals surface area contributed by atoms with Gasteiger partial charge >= 0.3 is 0 Å². The quantitative estimate of drug-likeness (QED) is 0.870. The summed E-state index contributed by atoms with van der Waals surface area (Å²) in [6, 6.07) is 11.4. The van der Waals surface area contributed by atoms with E-state index >= 15 is 0 Å². The van der Waals surface area contributed by atoms with E-state index in [0.717, 1.165) is 23.3 Å². The first-order valence-electron chi connectivity index (χ1n) is 8.44. The highest BCUT2D eigenvalue weighted by molar-refractivity contribution is 7.10. The molecule has 0 aliphatic carbocycles. The molecule has 1 fully saturated rings. The molecular formula is C19H21ClN2O2S. The molecule has 2 amide bonds. The number of carbonyl (C=O) groups is 2. The van der Waals surface area contributed by atoms with Crippen molar-refractivity contribution in [2.45, 2.75) is 31.7 Å². The highest BCUT2D eigenvalue weighted by Crippen LogP contribution is 2.15. The smallest absolute Gasteiger partial charge is 0.227 e. The van der Waals surface area contributed by atoms with E-state index in [1.807, 2.05) is 34.5 Å². The Bertz CT molecular complexity index is 708. The van der Waals surface area contributed by atoms with E-state index in [-0.39, 0.29) is 17.9 Å². The number of amides is 2. The maximum Gasteiger partial charge on any atom is 0.227 e. The molecule has 132 valence electrons. The lowest BCUT2D eigenvalue weighted by Gasteiger charge is -2.32. The molecule has 0 unspecified atom stereocenters. The minimum absolute atomic E-state index is 0.0192. The van der Waals surface area contributed by atoms with Crippen molar-refractivity contribution >= 4 is 34.8 Å². The molecule has 1 aromatic heterocycles. The summed E-state index contributed by atoms with van der Waals surface area (Å²) in [6.07, 6.45) is 2.45. The van der Waals surface area contributed by atoms with Crippen LogP contribution in [0.2, 0.25) is 5.02 Å². The molecule has 0 spiro atoms. The summed E-state index contributed by atoms with van der Waals surface area (Å²) in [4.78, 5) is 27.5. The summed E-state index contributed by atoms with van der Waals surface area (Å²) in [5.74, 6) is 0.194. The predicted octanol–water partition coefficient (Wildman–Crippen LogP) is 3.29. The van der Waals surface area contributed by atoms with Crippen molar-refractivity contribution in [2.24, 2.45) is 0 Å². The fourth-order valence-electron chi connectivity index (χ4n) is 3.01. The van der Waals surface area contributed by atoms with Crippen LogP contribution in [0, 0.1) is 0 Å². The van der Waals surface area contributed by atoms with Crippen LogP contribution in [0.3, 0.4) is 0 Å². The first-order chi connectivity index (χ1) is 12.1. The molecule has 1 aromatic carbocycles. The zero-order valence-corrected chi connectivity index (χ0v) is 15.5. The Labute approximate surface area is 156 Å². The largest absolute Gasteiger partial charge is 0.353 e. The molecule has 1 N–H and O–H groups in total. The number of thiophene rings is 1. The lowest BCUT2D eigenvalue weighted by Crippen LogP contribution is -2.47. The average molecular weight is 377 g/mol. The minimum atomic E-state index is 0.0192. The van der Waals surface area contributed by atoms with E-state index < -0.39 is 0 Å². The Kier molecular flexibility index (Phi) is 6.10. The molecule has 2 heterocycles. The Morgan fingerprint density at radius 1 is 1.12 bits per heavy atom. The first-order valence-corrected chi connectivity index (χ1v) is 9.70. The maximum atomic E-state index is 12.3. The van der Waals surface area contributed by atoms with Gasteiger partial charge in [0.1, 0.15) is 0 Å². The summed E-state index contributed by atoms with van der Waals surface area (Å²) >= 11 is 7.47. The summed E-state index contributed by atoms with van der Waals surface area (Å²) in [5.41, 5.74) is 0.950. The normalized spacial score (nSPS) is 15.2. The molecule has 6 heteroatoms. The van der Waals surface area contributed by atoms with E-state index in [1.54, 1.807) is 23.5 Å². The fraction of sp³-hybridized carbons (Fsp3) is 0.368. The molecule has 3 rings (SSSR count). The number of piperidine rings is 1. The van der Waals surface area contributed by atoms with Gasteiger partial charge in [0.25, 0.3) is 0 Å². The first kappa shape index (κ1) is 18.0. The number of rotatable bonds is 5. The summed E-state index contributed by atoms with van der Waals surface area (Å²) < 4.78 is 0. The topological polar surface area (TPSA) is 49.4 Å². The van der Waals surface area contributed by atoms with Crippen LogP contribution in [0.4, 0.5) is 0 Å². The standard InChI is InChI=1S/C19H21ClN2O2S/c20-15-5-3-14(4-6-15)12-18(23)21-16-7-9-22(10-8-16)19(24)13-17-2-1-11-25-17/h1-6,11,16H,7-10,12-13H2,(H,21,23). The Morgan fingerprint density at radius 2 is 1.84 bits per heavy atom. The summed E-state index contributed by atoms with van der Waals surface area (Å²) in [6.45, 7) is 1.41. The van der Waals surface area contributed by atoms with Gasteiger partial charge in [-0.2, -0.15) is 0 Å². The SMILES string of the molecule is O=C(Cc1ccc(Cl)cc1)NC1CCN(C(=O)Cc2cccs2)CC1. The van der Waals surface area contributed by atoms with Crippen molar-refractivity contribution in [3.05, 3.63) is 57.2 Å². The van der Waals surface area contributed by atoms with Gasteiger partial charge < -0.3 is 10.2 Å². The van der Waals surface area contributed by atoms with Gasteiger partial charge in [0.15, 0.2) is 0 Å². The number of likely N-dealkylation sites (tertiary alicyclic amines) is 1. The number of hydrogen-bond acceptors (Lipinski definition) is 3. The van der Waals surface area contributed by atoms with Crippen LogP contribution in [-0.4, -0.2) is 35.8 Å². The van der Waals surface area contributed by atoms with Crippen LogP contribution in [0.1, 0.15) is 23.3 Å². The van der Waals surface area contributed by atoms with Crippen LogP contribution < -0.4 is 5.32 Å². The second-order valence-electron chi connectivity index (χ2n) is 6.28. The van der Waals surface area contributed by atoms with Crippen LogP contribution >= 0.6 is 22.9 Å². The number of nitrogens with one attached hydrogen (secondary N) is 1. The second-order valence-corrected chi connectivity index (χ2v) is 7.75. The highest BCUT2D eigenvalue weighted by Gasteiger charge is 2.24. The molecule has 0 atom stereocenters. The maximum absolute atomic E-state index is 12.3. The Hall–Kier alpha value is -1.85. The lowest BCUT2D eigenvalue weighted by molar-refractivity contribution is -0.131. The van der Waals surface area contributed by atoms with Crippen molar-refractivity contribution in [1.29, 1.82) is 0 Å². The van der Waals surface area contributed by atoms with Gasteiger partial charge in [-0.3, -0.25) is 9.59 Å².